The lowest BCUT2D eigenvalue weighted by Gasteiger charge is -2.19. The lowest BCUT2D eigenvalue weighted by molar-refractivity contribution is 1.19. The van der Waals surface area contributed by atoms with E-state index in [9.17, 15) is 0 Å². The van der Waals surface area contributed by atoms with E-state index in [2.05, 4.69) is 115 Å². The third kappa shape index (κ3) is 4.09. The lowest BCUT2D eigenvalue weighted by Crippen LogP contribution is -2.08. The molecule has 0 aromatic heterocycles. The van der Waals surface area contributed by atoms with Crippen LogP contribution in [0.3, 0.4) is 0 Å². The van der Waals surface area contributed by atoms with Crippen molar-refractivity contribution in [2.24, 2.45) is 0 Å². The second-order valence-electron chi connectivity index (χ2n) is 6.80. The zero-order valence-electron chi connectivity index (χ0n) is 15.5. The Morgan fingerprint density at radius 1 is 0.481 bits per heavy atom. The molecular formula is C26H23N. The minimum Gasteiger partial charge on any atom is -0.345 e. The summed E-state index contributed by atoms with van der Waals surface area (Å²) in [5.74, 6) is 0. The minimum atomic E-state index is 0.974. The molecule has 0 heterocycles. The van der Waals surface area contributed by atoms with Gasteiger partial charge in [0.15, 0.2) is 0 Å². The molecule has 0 bridgehead atoms. The maximum absolute atomic E-state index is 2.23. The molecule has 0 spiro atoms. The molecule has 132 valence electrons. The van der Waals surface area contributed by atoms with E-state index in [1.165, 1.54) is 33.6 Å². The molecule has 0 atom stereocenters. The molecule has 1 heteroatoms. The SMILES string of the molecule is CN(c1ccccc1)c1ccc(-c2ccc(Cc3ccccc3)cc2)cc1. The highest BCUT2D eigenvalue weighted by Gasteiger charge is 2.04. The van der Waals surface area contributed by atoms with Gasteiger partial charge in [-0.25, -0.2) is 0 Å². The summed E-state index contributed by atoms with van der Waals surface area (Å²) in [5, 5.41) is 0. The van der Waals surface area contributed by atoms with Gasteiger partial charge in [0.2, 0.25) is 0 Å². The molecule has 0 aliphatic carbocycles. The van der Waals surface area contributed by atoms with Gasteiger partial charge in [-0.15, -0.1) is 0 Å². The first-order valence-corrected chi connectivity index (χ1v) is 9.32. The highest BCUT2D eigenvalue weighted by molar-refractivity contribution is 5.69. The van der Waals surface area contributed by atoms with E-state index >= 15 is 0 Å². The summed E-state index contributed by atoms with van der Waals surface area (Å²) in [6.07, 6.45) is 0.974. The Hall–Kier alpha value is -3.32. The van der Waals surface area contributed by atoms with E-state index < -0.39 is 0 Å². The molecule has 0 unspecified atom stereocenters. The van der Waals surface area contributed by atoms with Crippen LogP contribution in [0.2, 0.25) is 0 Å². The Kier molecular flexibility index (Phi) is 5.02. The molecule has 0 radical (unpaired) electrons. The van der Waals surface area contributed by atoms with Crippen LogP contribution in [-0.2, 0) is 6.42 Å². The fourth-order valence-electron chi connectivity index (χ4n) is 3.32. The summed E-state index contributed by atoms with van der Waals surface area (Å²) >= 11 is 0. The van der Waals surface area contributed by atoms with E-state index in [0.717, 1.165) is 6.42 Å². The zero-order chi connectivity index (χ0) is 18.5. The van der Waals surface area contributed by atoms with Gasteiger partial charge in [-0.1, -0.05) is 84.9 Å². The second kappa shape index (κ2) is 7.92. The van der Waals surface area contributed by atoms with Crippen LogP contribution < -0.4 is 4.90 Å². The van der Waals surface area contributed by atoms with E-state index in [1.54, 1.807) is 0 Å². The average molecular weight is 349 g/mol. The van der Waals surface area contributed by atoms with Gasteiger partial charge in [0, 0.05) is 18.4 Å². The Labute approximate surface area is 161 Å². The number of rotatable bonds is 5. The second-order valence-corrected chi connectivity index (χ2v) is 6.80. The van der Waals surface area contributed by atoms with Crippen LogP contribution in [0.1, 0.15) is 11.1 Å². The maximum Gasteiger partial charge on any atom is 0.0408 e. The van der Waals surface area contributed by atoms with E-state index in [0.29, 0.717) is 0 Å². The Bertz CT molecular complexity index is 972. The monoisotopic (exact) mass is 349 g/mol. The van der Waals surface area contributed by atoms with Crippen molar-refractivity contribution >= 4 is 11.4 Å². The highest BCUT2D eigenvalue weighted by Crippen LogP contribution is 2.27. The molecule has 0 aliphatic rings. The highest BCUT2D eigenvalue weighted by atomic mass is 15.1. The molecule has 0 aliphatic heterocycles. The van der Waals surface area contributed by atoms with Crippen molar-refractivity contribution in [2.45, 2.75) is 6.42 Å². The summed E-state index contributed by atoms with van der Waals surface area (Å²) in [6.45, 7) is 0. The molecule has 27 heavy (non-hydrogen) atoms. The number of anilines is 2. The van der Waals surface area contributed by atoms with E-state index in [1.807, 2.05) is 6.07 Å². The summed E-state index contributed by atoms with van der Waals surface area (Å²) in [6, 6.07) is 38.7. The first kappa shape index (κ1) is 17.1. The largest absolute Gasteiger partial charge is 0.345 e. The third-order valence-electron chi connectivity index (χ3n) is 4.94. The third-order valence-corrected chi connectivity index (χ3v) is 4.94. The Morgan fingerprint density at radius 2 is 0.926 bits per heavy atom. The normalized spacial score (nSPS) is 10.6. The number of para-hydroxylation sites is 1. The quantitative estimate of drug-likeness (QED) is 0.387. The Morgan fingerprint density at radius 3 is 1.52 bits per heavy atom. The van der Waals surface area contributed by atoms with E-state index in [4.69, 9.17) is 0 Å². The van der Waals surface area contributed by atoms with E-state index in [-0.39, 0.29) is 0 Å². The molecule has 0 N–H and O–H groups in total. The van der Waals surface area contributed by atoms with Gasteiger partial charge in [0.25, 0.3) is 0 Å². The van der Waals surface area contributed by atoms with Crippen molar-refractivity contribution in [3.63, 3.8) is 0 Å². The Balaban J connectivity index is 1.49. The summed E-state index contributed by atoms with van der Waals surface area (Å²) < 4.78 is 0. The van der Waals surface area contributed by atoms with Crippen molar-refractivity contribution in [1.82, 2.24) is 0 Å². The van der Waals surface area contributed by atoms with Gasteiger partial charge >= 0.3 is 0 Å². The summed E-state index contributed by atoms with van der Waals surface area (Å²) in [4.78, 5) is 2.20. The van der Waals surface area contributed by atoms with Crippen LogP contribution in [0.25, 0.3) is 11.1 Å². The first-order chi connectivity index (χ1) is 13.3. The van der Waals surface area contributed by atoms with Gasteiger partial charge in [-0.3, -0.25) is 0 Å². The number of benzene rings is 4. The van der Waals surface area contributed by atoms with Crippen molar-refractivity contribution < 1.29 is 0 Å². The molecule has 0 saturated carbocycles. The molecule has 0 fully saturated rings. The molecule has 4 aromatic rings. The summed E-state index contributed by atoms with van der Waals surface area (Å²) in [7, 11) is 2.10. The van der Waals surface area contributed by atoms with Crippen molar-refractivity contribution in [3.8, 4) is 11.1 Å². The molecule has 0 saturated heterocycles. The lowest BCUT2D eigenvalue weighted by atomic mass is 10.00. The molecule has 4 rings (SSSR count). The van der Waals surface area contributed by atoms with Crippen LogP contribution in [0.4, 0.5) is 11.4 Å². The van der Waals surface area contributed by atoms with Gasteiger partial charge in [-0.2, -0.15) is 0 Å². The van der Waals surface area contributed by atoms with Crippen LogP contribution in [0.15, 0.2) is 109 Å². The molecule has 1 nitrogen and oxygen atoms in total. The predicted octanol–water partition coefficient (Wildman–Crippen LogP) is 6.71. The number of hydrogen-bond acceptors (Lipinski definition) is 1. The molecule has 4 aromatic carbocycles. The fourth-order valence-corrected chi connectivity index (χ4v) is 3.32. The van der Waals surface area contributed by atoms with Crippen molar-refractivity contribution in [2.75, 3.05) is 11.9 Å². The first-order valence-electron chi connectivity index (χ1n) is 9.32. The maximum atomic E-state index is 2.23. The minimum absolute atomic E-state index is 0.974. The van der Waals surface area contributed by atoms with Gasteiger partial charge in [0.05, 0.1) is 0 Å². The number of nitrogens with zero attached hydrogens (tertiary/aromatic N) is 1. The van der Waals surface area contributed by atoms with Crippen LogP contribution in [0.5, 0.6) is 0 Å². The average Bonchev–Trinajstić information content (AvgIpc) is 2.75. The topological polar surface area (TPSA) is 3.24 Å². The van der Waals surface area contributed by atoms with Crippen molar-refractivity contribution in [1.29, 1.82) is 0 Å². The standard InChI is InChI=1S/C26H23N/c1-27(25-10-6-3-7-11-25)26-18-16-24(17-19-26)23-14-12-22(13-15-23)20-21-8-4-2-5-9-21/h2-19H,20H2,1H3. The smallest absolute Gasteiger partial charge is 0.0408 e. The van der Waals surface area contributed by atoms with Gasteiger partial charge in [-0.05, 0) is 52.9 Å². The van der Waals surface area contributed by atoms with Gasteiger partial charge in [0.1, 0.15) is 0 Å². The molecule has 0 amide bonds. The number of hydrogen-bond donors (Lipinski definition) is 0. The van der Waals surface area contributed by atoms with Crippen LogP contribution >= 0.6 is 0 Å². The molecular weight excluding hydrogens is 326 g/mol. The van der Waals surface area contributed by atoms with Gasteiger partial charge < -0.3 is 4.90 Å². The van der Waals surface area contributed by atoms with Crippen molar-refractivity contribution in [3.05, 3.63) is 120 Å². The van der Waals surface area contributed by atoms with Crippen LogP contribution in [0, 0.1) is 0 Å². The summed E-state index contributed by atoms with van der Waals surface area (Å²) in [5.41, 5.74) is 7.55. The predicted molar refractivity (Wildman–Crippen MR) is 116 cm³/mol. The van der Waals surface area contributed by atoms with Crippen LogP contribution in [-0.4, -0.2) is 7.05 Å². The zero-order valence-corrected chi connectivity index (χ0v) is 15.5. The fraction of sp³-hybridized carbons (Fsp3) is 0.0769.